The van der Waals surface area contributed by atoms with Gasteiger partial charge in [-0.1, -0.05) is 385 Å². The summed E-state index contributed by atoms with van der Waals surface area (Å²) in [5, 5.41) is 0. The molecular formula is C77H146O6. The average Bonchev–Trinajstić information content (AvgIpc) is 3.50. The molecule has 0 aliphatic heterocycles. The average molecular weight is 1170 g/mol. The number of esters is 3. The molecule has 490 valence electrons. The molecule has 0 aromatic rings. The summed E-state index contributed by atoms with van der Waals surface area (Å²) in [6.45, 7) is 6.70. The number of carbonyl (C=O) groups excluding carboxylic acids is 3. The van der Waals surface area contributed by atoms with E-state index in [2.05, 4.69) is 45.1 Å². The zero-order valence-corrected chi connectivity index (χ0v) is 56.5. The van der Waals surface area contributed by atoms with Crippen LogP contribution in [0.15, 0.2) is 24.3 Å². The molecule has 0 aliphatic carbocycles. The van der Waals surface area contributed by atoms with Crippen molar-refractivity contribution in [1.29, 1.82) is 0 Å². The molecule has 0 saturated carbocycles. The highest BCUT2D eigenvalue weighted by Crippen LogP contribution is 2.20. The van der Waals surface area contributed by atoms with E-state index in [0.717, 1.165) is 77.0 Å². The Labute approximate surface area is 519 Å². The maximum Gasteiger partial charge on any atom is 0.306 e. The Hall–Kier alpha value is -2.11. The third kappa shape index (κ3) is 70.5. The van der Waals surface area contributed by atoms with Crippen molar-refractivity contribution < 1.29 is 28.6 Å². The van der Waals surface area contributed by atoms with E-state index in [1.807, 2.05) is 0 Å². The lowest BCUT2D eigenvalue weighted by atomic mass is 10.0. The number of hydrogen-bond acceptors (Lipinski definition) is 6. The molecule has 6 nitrogen and oxygen atoms in total. The van der Waals surface area contributed by atoms with Crippen LogP contribution in [-0.2, 0) is 28.6 Å². The van der Waals surface area contributed by atoms with Crippen LogP contribution < -0.4 is 0 Å². The third-order valence-electron chi connectivity index (χ3n) is 17.5. The minimum Gasteiger partial charge on any atom is -0.462 e. The van der Waals surface area contributed by atoms with E-state index >= 15 is 0 Å². The lowest BCUT2D eigenvalue weighted by Crippen LogP contribution is -2.30. The lowest BCUT2D eigenvalue weighted by molar-refractivity contribution is -0.167. The molecule has 83 heavy (non-hydrogen) atoms. The predicted octanol–water partition coefficient (Wildman–Crippen LogP) is 26.1. The number of allylic oxidation sites excluding steroid dienone is 4. The van der Waals surface area contributed by atoms with Crippen molar-refractivity contribution in [1.82, 2.24) is 0 Å². The van der Waals surface area contributed by atoms with Gasteiger partial charge in [0.1, 0.15) is 13.2 Å². The fourth-order valence-corrected chi connectivity index (χ4v) is 11.8. The summed E-state index contributed by atoms with van der Waals surface area (Å²) < 4.78 is 17.0. The summed E-state index contributed by atoms with van der Waals surface area (Å²) in [7, 11) is 0. The van der Waals surface area contributed by atoms with Gasteiger partial charge in [-0.3, -0.25) is 14.4 Å². The van der Waals surface area contributed by atoms with Gasteiger partial charge >= 0.3 is 17.9 Å². The highest BCUT2D eigenvalue weighted by molar-refractivity contribution is 5.71. The topological polar surface area (TPSA) is 78.9 Å². The first-order chi connectivity index (χ1) is 41.0. The minimum absolute atomic E-state index is 0.0706. The van der Waals surface area contributed by atoms with Crippen LogP contribution in [0, 0.1) is 0 Å². The maximum absolute atomic E-state index is 12.9. The number of carbonyl (C=O) groups is 3. The van der Waals surface area contributed by atoms with Crippen LogP contribution in [0.25, 0.3) is 0 Å². The SMILES string of the molecule is CCCCCC/C=C\C/C=C\CCCCCCCC(=O)OC(COC(=O)CCCCCCCCCCCCCCCCCC)COC(=O)CCCCCCCCCCCCCCCCCCCCCCCCCCCCCCCCCCC. The fourth-order valence-electron chi connectivity index (χ4n) is 11.8. The van der Waals surface area contributed by atoms with Crippen molar-refractivity contribution in [3.63, 3.8) is 0 Å². The van der Waals surface area contributed by atoms with Crippen LogP contribution in [0.3, 0.4) is 0 Å². The Morgan fingerprint density at radius 1 is 0.241 bits per heavy atom. The van der Waals surface area contributed by atoms with Crippen molar-refractivity contribution >= 4 is 17.9 Å². The van der Waals surface area contributed by atoms with Crippen molar-refractivity contribution in [2.45, 2.75) is 438 Å². The van der Waals surface area contributed by atoms with Crippen LogP contribution in [-0.4, -0.2) is 37.2 Å². The summed E-state index contributed by atoms with van der Waals surface area (Å²) in [6.07, 6.45) is 89.5. The Morgan fingerprint density at radius 3 is 0.675 bits per heavy atom. The smallest absolute Gasteiger partial charge is 0.306 e. The van der Waals surface area contributed by atoms with Crippen LogP contribution in [0.5, 0.6) is 0 Å². The Kier molecular flexibility index (Phi) is 70.5. The van der Waals surface area contributed by atoms with Crippen LogP contribution in [0.2, 0.25) is 0 Å². The number of unbranched alkanes of at least 4 members (excludes halogenated alkanes) is 56. The Morgan fingerprint density at radius 2 is 0.434 bits per heavy atom. The molecule has 0 amide bonds. The quantitative estimate of drug-likeness (QED) is 0.0261. The molecule has 0 aromatic carbocycles. The maximum atomic E-state index is 12.9. The first kappa shape index (κ1) is 80.9. The van der Waals surface area contributed by atoms with Gasteiger partial charge in [0.25, 0.3) is 0 Å². The van der Waals surface area contributed by atoms with E-state index in [-0.39, 0.29) is 31.1 Å². The van der Waals surface area contributed by atoms with Gasteiger partial charge in [0.05, 0.1) is 0 Å². The lowest BCUT2D eigenvalue weighted by Gasteiger charge is -2.18. The summed E-state index contributed by atoms with van der Waals surface area (Å²) in [6, 6.07) is 0. The van der Waals surface area contributed by atoms with Crippen molar-refractivity contribution in [2.24, 2.45) is 0 Å². The molecule has 0 bridgehead atoms. The van der Waals surface area contributed by atoms with Gasteiger partial charge in [-0.15, -0.1) is 0 Å². The minimum atomic E-state index is -0.776. The molecule has 0 fully saturated rings. The molecule has 0 rings (SSSR count). The molecule has 6 heteroatoms. The summed E-state index contributed by atoms with van der Waals surface area (Å²) in [5.41, 5.74) is 0. The molecular weight excluding hydrogens is 1020 g/mol. The van der Waals surface area contributed by atoms with Crippen LogP contribution >= 0.6 is 0 Å². The molecule has 0 N–H and O–H groups in total. The van der Waals surface area contributed by atoms with Gasteiger partial charge in [-0.25, -0.2) is 0 Å². The molecule has 0 aliphatic rings. The van der Waals surface area contributed by atoms with Crippen molar-refractivity contribution in [2.75, 3.05) is 13.2 Å². The molecule has 1 unspecified atom stereocenters. The van der Waals surface area contributed by atoms with E-state index in [4.69, 9.17) is 14.2 Å². The molecule has 0 aromatic heterocycles. The van der Waals surface area contributed by atoms with Crippen LogP contribution in [0.4, 0.5) is 0 Å². The molecule has 1 atom stereocenters. The molecule has 0 saturated heterocycles. The summed E-state index contributed by atoms with van der Waals surface area (Å²) in [5.74, 6) is -0.850. The highest BCUT2D eigenvalue weighted by Gasteiger charge is 2.20. The van der Waals surface area contributed by atoms with Gasteiger partial charge in [0.2, 0.25) is 0 Å². The number of rotatable bonds is 71. The second-order valence-corrected chi connectivity index (χ2v) is 25.9. The van der Waals surface area contributed by atoms with E-state index in [1.165, 1.54) is 315 Å². The van der Waals surface area contributed by atoms with Gasteiger partial charge in [0, 0.05) is 19.3 Å². The standard InChI is InChI=1S/C77H146O6/c1-4-7-10-13-16-19-22-25-28-31-32-33-34-35-36-37-38-39-40-41-42-43-44-45-46-47-50-52-55-58-61-64-67-70-76(79)82-73-74(83-77(80)71-68-65-62-59-56-53-49-30-27-24-21-18-15-12-9-6-3)72-81-75(78)69-66-63-60-57-54-51-48-29-26-23-20-17-14-11-8-5-2/h21,24,30,49,74H,4-20,22-23,25-29,31-48,50-73H2,1-3H3/b24-21-,49-30-. The van der Waals surface area contributed by atoms with Gasteiger partial charge in [-0.2, -0.15) is 0 Å². The third-order valence-corrected chi connectivity index (χ3v) is 17.5. The Balaban J connectivity index is 4.12. The summed E-state index contributed by atoms with van der Waals surface area (Å²) >= 11 is 0. The zero-order chi connectivity index (χ0) is 59.9. The van der Waals surface area contributed by atoms with Crippen molar-refractivity contribution in [3.8, 4) is 0 Å². The fraction of sp³-hybridized carbons (Fsp3) is 0.909. The molecule has 0 radical (unpaired) electrons. The largest absolute Gasteiger partial charge is 0.462 e. The van der Waals surface area contributed by atoms with E-state index in [0.29, 0.717) is 19.3 Å². The normalized spacial score (nSPS) is 12.1. The van der Waals surface area contributed by atoms with E-state index in [9.17, 15) is 14.4 Å². The highest BCUT2D eigenvalue weighted by atomic mass is 16.6. The second-order valence-electron chi connectivity index (χ2n) is 25.9. The number of hydrogen-bond donors (Lipinski definition) is 0. The van der Waals surface area contributed by atoms with Gasteiger partial charge < -0.3 is 14.2 Å². The first-order valence-corrected chi connectivity index (χ1v) is 37.8. The van der Waals surface area contributed by atoms with Crippen molar-refractivity contribution in [3.05, 3.63) is 24.3 Å². The zero-order valence-electron chi connectivity index (χ0n) is 56.5. The molecule has 0 heterocycles. The van der Waals surface area contributed by atoms with Crippen LogP contribution in [0.1, 0.15) is 432 Å². The second kappa shape index (κ2) is 72.4. The monoisotopic (exact) mass is 1170 g/mol. The Bertz CT molecular complexity index is 1340. The number of ether oxygens (including phenoxy) is 3. The predicted molar refractivity (Wildman–Crippen MR) is 363 cm³/mol. The van der Waals surface area contributed by atoms with E-state index in [1.54, 1.807) is 0 Å². The summed E-state index contributed by atoms with van der Waals surface area (Å²) in [4.78, 5) is 38.5. The van der Waals surface area contributed by atoms with E-state index < -0.39 is 6.10 Å². The van der Waals surface area contributed by atoms with Gasteiger partial charge in [0.15, 0.2) is 6.10 Å². The van der Waals surface area contributed by atoms with Gasteiger partial charge in [-0.05, 0) is 51.4 Å². The first-order valence-electron chi connectivity index (χ1n) is 37.8. The molecule has 0 spiro atoms.